The zero-order valence-corrected chi connectivity index (χ0v) is 89.6. The quantitative estimate of drug-likeness (QED) is 0.0844. The van der Waals surface area contributed by atoms with E-state index in [2.05, 4.69) is 57.6 Å². The van der Waals surface area contributed by atoms with Crippen molar-refractivity contribution in [2.75, 3.05) is 0 Å². The van der Waals surface area contributed by atoms with Crippen molar-refractivity contribution in [3.63, 3.8) is 0 Å². The predicted molar refractivity (Wildman–Crippen MR) is 606 cm³/mol. The molecule has 0 aliphatic carbocycles. The number of para-hydroxylation sites is 1. The van der Waals surface area contributed by atoms with Gasteiger partial charge < -0.3 is 22.1 Å². The standard InChI is InChI=1S/2C27H29N2O.3C26H27N2O/c1-16-9-11-20-21-12-10-17(2)24(28-7)26(21)30-25(20)23(16)22-14-19(15-27(4,5)6)13-18(3)29(22)8;1-16-11-21-20-10-9-17(2)24(26(20)30-25(21)22(12-16)28-7)23-14-19(15-27(4,5)6)13-18(3)29(23)8;1-15(2)12-19-13-18(5)28(7)22(14-19)24-17(4)8-10-20-23-16(3)9-11-21(27-6)26(23)29-25(20)24;1-15(2)10-19-13-18(5)28(7)23(14-19)24-17(4)8-9-20-21-11-16(3)12-22(27-6)25(21)29-26(20)24;1-15(2)11-19-13-18(5)28(7)22(14-19)24-17(4)12-16(3)23-20-9-8-10-21(27-6)25(20)29-26(23)24/h2*9-14H,15H2,1-6,8H3;8-11,13-15H,12H2,1-5,7H3;8-9,11-15H,10H2,1-5,7H3;8-10,12-15H,11H2,1-5,7H3/q5*+1/i2*15D2;3D3,12D2,13D,14D;10D2,13D,14D;3D3,11D2,13D,14D. The van der Waals surface area contributed by atoms with Gasteiger partial charge in [-0.1, -0.05) is 203 Å². The van der Waals surface area contributed by atoms with Crippen molar-refractivity contribution in [1.82, 2.24) is 0 Å². The Morgan fingerprint density at radius 1 is 0.286 bits per heavy atom. The fourth-order valence-electron chi connectivity index (χ4n) is 19.4. The minimum Gasteiger partial charge on any atom is -0.466 e. The maximum Gasteiger partial charge on any atom is 0.232 e. The Bertz CT molecular complexity index is 10100. The number of aryl methyl sites for hydroxylation is 12. The second kappa shape index (κ2) is 41.1. The van der Waals surface area contributed by atoms with Crippen molar-refractivity contribution >= 4 is 138 Å². The first kappa shape index (κ1) is 78.8. The summed E-state index contributed by atoms with van der Waals surface area (Å²) < 4.78 is 230. The molecular formula is C132H139N10O5+5. The van der Waals surface area contributed by atoms with Crippen molar-refractivity contribution in [3.05, 3.63) is 351 Å². The summed E-state index contributed by atoms with van der Waals surface area (Å²) in [6.07, 6.45) is -8.73. The second-order valence-corrected chi connectivity index (χ2v) is 41.5. The number of nitrogens with zero attached hydrogens (tertiary/aromatic N) is 10. The molecule has 20 aromatic rings. The average molecular weight is 1970 g/mol. The minimum atomic E-state index is -2.46. The number of rotatable bonds is 13. The van der Waals surface area contributed by atoms with E-state index in [1.807, 2.05) is 185 Å². The highest BCUT2D eigenvalue weighted by atomic mass is 16.3. The van der Waals surface area contributed by atoms with Gasteiger partial charge in [0.1, 0.15) is 91.1 Å². The van der Waals surface area contributed by atoms with Crippen LogP contribution < -0.4 is 22.8 Å². The molecule has 0 N–H and O–H groups in total. The van der Waals surface area contributed by atoms with E-state index in [4.69, 9.17) is 85.1 Å². The van der Waals surface area contributed by atoms with E-state index in [1.165, 1.54) is 12.1 Å². The molecule has 147 heavy (non-hydrogen) atoms. The molecule has 0 aliphatic heterocycles. The summed E-state index contributed by atoms with van der Waals surface area (Å²) in [6.45, 7) is 79.6. The van der Waals surface area contributed by atoms with Crippen LogP contribution in [0, 0.1) is 165 Å². The maximum absolute atomic E-state index is 9.09. The van der Waals surface area contributed by atoms with Gasteiger partial charge in [-0.2, -0.15) is 22.8 Å². The molecular weight excluding hydrogens is 1810 g/mol. The highest BCUT2D eigenvalue weighted by molar-refractivity contribution is 6.18. The molecule has 0 unspecified atom stereocenters. The fraction of sp³-hybridized carbons (Fsp3) is 0.318. The van der Waals surface area contributed by atoms with Crippen LogP contribution in [0.2, 0.25) is 0 Å². The van der Waals surface area contributed by atoms with Crippen LogP contribution in [-0.4, -0.2) is 0 Å². The molecule has 0 saturated heterocycles. The molecule has 0 amide bonds. The molecule has 20 rings (SSSR count). The second-order valence-electron chi connectivity index (χ2n) is 41.5. The monoisotopic (exact) mass is 1970 g/mol. The van der Waals surface area contributed by atoms with E-state index >= 15 is 0 Å². The summed E-state index contributed by atoms with van der Waals surface area (Å²) in [5.74, 6) is -1.37. The first-order chi connectivity index (χ1) is 78.4. The van der Waals surface area contributed by atoms with Gasteiger partial charge in [-0.05, 0) is 214 Å². The average Bonchev–Trinajstić information content (AvgIpc) is 1.57. The molecule has 0 spiro atoms. The van der Waals surface area contributed by atoms with Crippen LogP contribution in [0.3, 0.4) is 0 Å². The molecule has 0 aliphatic rings. The molecule has 0 radical (unpaired) electrons. The van der Waals surface area contributed by atoms with Crippen molar-refractivity contribution in [2.45, 2.75) is 219 Å². The van der Waals surface area contributed by atoms with Crippen LogP contribution in [-0.2, 0) is 67.1 Å². The zero-order valence-electron chi connectivity index (χ0n) is 112. The third kappa shape index (κ3) is 20.4. The summed E-state index contributed by atoms with van der Waals surface area (Å²) in [5.41, 5.74) is 24.2. The lowest BCUT2D eigenvalue weighted by atomic mass is 9.87. The first-order valence-corrected chi connectivity index (χ1v) is 49.2. The Labute approximate surface area is 898 Å². The molecule has 10 aromatic carbocycles. The number of aromatic nitrogens is 5. The van der Waals surface area contributed by atoms with Gasteiger partial charge in [0, 0.05) is 171 Å². The predicted octanol–water partition coefficient (Wildman–Crippen LogP) is 34.5. The Morgan fingerprint density at radius 3 is 1.00 bits per heavy atom. The summed E-state index contributed by atoms with van der Waals surface area (Å²) in [7, 11) is 9.21. The van der Waals surface area contributed by atoms with Crippen molar-refractivity contribution in [1.29, 1.82) is 0 Å². The molecule has 15 heteroatoms. The van der Waals surface area contributed by atoms with E-state index < -0.39 is 74.2 Å². The fourth-order valence-corrected chi connectivity index (χ4v) is 19.4. The summed E-state index contributed by atoms with van der Waals surface area (Å²) in [5, 5.41) is 7.17. The van der Waals surface area contributed by atoms with E-state index in [9.17, 15) is 0 Å². The Balaban J connectivity index is 0.000000147. The number of fused-ring (bicyclic) bond motifs is 15. The van der Waals surface area contributed by atoms with Gasteiger partial charge in [0.15, 0.2) is 28.5 Å². The molecule has 0 saturated carbocycles. The van der Waals surface area contributed by atoms with E-state index in [0.29, 0.717) is 134 Å². The number of hydrogen-bond donors (Lipinski definition) is 0. The van der Waals surface area contributed by atoms with Crippen LogP contribution in [0.5, 0.6) is 0 Å². The van der Waals surface area contributed by atoms with Gasteiger partial charge in [0.25, 0.3) is 0 Å². The van der Waals surface area contributed by atoms with E-state index in [0.717, 1.165) is 116 Å². The SMILES string of the molecule is [2H]C([2H])(c1cc(C)[n+](C)c(-c2c(C)ccc3c2oc2c([N+]#[C-])c(C)ccc23)c1)C(C)(C)C.[2H]C([2H])(c1cc(C)[n+](C)c(-c2c(C)ccc3c2oc2c([N+]#[C-])cc(C)cc23)c1)C(C)(C)C.[2H]c1c(C([2H])([2H])C(C)C)c([2H])c(-c2c(C)cc(C([2H])([2H])[2H])c3c2oc2c([N+]#[C-])cccc23)[n+](C)c1C.[2H]c1c(C([2H])([2H])C(C)C)c([2H])c(-c2c(C)ccc3c2oc2c([N+]#[C-])cc(C)cc23)[n+](C)c1C.[2H]c1c(C([2H])([2H])C(C)C)c([2H])c(-c2c(C)ccc3c2oc2c([N+]#[C-])ccc(C([2H])([2H])[2H])c23)[n+](C)c1C. The molecule has 0 atom stereocenters. The van der Waals surface area contributed by atoms with Crippen LogP contribution in [0.1, 0.15) is 225 Å². The normalized spacial score (nSPS) is 14.5. The van der Waals surface area contributed by atoms with Crippen molar-refractivity contribution in [2.24, 2.45) is 63.8 Å². The van der Waals surface area contributed by atoms with Gasteiger partial charge in [0.2, 0.25) is 56.9 Å². The lowest BCUT2D eigenvalue weighted by Gasteiger charge is -2.18. The smallest absolute Gasteiger partial charge is 0.232 e. The lowest BCUT2D eigenvalue weighted by Crippen LogP contribution is -2.35. The van der Waals surface area contributed by atoms with Gasteiger partial charge >= 0.3 is 0 Å². The Hall–Kier alpha value is -15.6. The number of furan rings is 5. The van der Waals surface area contributed by atoms with Crippen molar-refractivity contribution < 1.29 is 75.1 Å². The van der Waals surface area contributed by atoms with Gasteiger partial charge in [-0.25, -0.2) is 24.2 Å². The molecule has 15 nitrogen and oxygen atoms in total. The summed E-state index contributed by atoms with van der Waals surface area (Å²) in [4.78, 5) is 18.1. The first-order valence-electron chi connectivity index (χ1n) is 60.2. The molecule has 0 bridgehead atoms. The molecule has 10 aromatic heterocycles. The zero-order chi connectivity index (χ0) is 125. The third-order valence-corrected chi connectivity index (χ3v) is 26.7. The van der Waals surface area contributed by atoms with Gasteiger partial charge in [0.05, 0.1) is 68.9 Å². The summed E-state index contributed by atoms with van der Waals surface area (Å²) >= 11 is 0. The van der Waals surface area contributed by atoms with Crippen LogP contribution in [0.4, 0.5) is 28.4 Å². The lowest BCUT2D eigenvalue weighted by molar-refractivity contribution is -0.666. The third-order valence-electron chi connectivity index (χ3n) is 26.7. The number of pyridine rings is 5. The largest absolute Gasteiger partial charge is 0.466 e. The Kier molecular flexibility index (Phi) is 22.0. The number of hydrogen-bond acceptors (Lipinski definition) is 5. The molecule has 10 heterocycles. The van der Waals surface area contributed by atoms with Crippen LogP contribution in [0.25, 0.3) is 190 Å². The van der Waals surface area contributed by atoms with Crippen LogP contribution >= 0.6 is 0 Å². The number of benzene rings is 10. The van der Waals surface area contributed by atoms with E-state index in [1.54, 1.807) is 147 Å². The maximum atomic E-state index is 9.09. The molecule has 742 valence electrons. The topological polar surface area (TPSA) is 107 Å². The Morgan fingerprint density at radius 2 is 0.605 bits per heavy atom. The highest BCUT2D eigenvalue weighted by Gasteiger charge is 2.33. The van der Waals surface area contributed by atoms with Gasteiger partial charge in [-0.15, -0.1) is 0 Å². The van der Waals surface area contributed by atoms with Crippen molar-refractivity contribution in [3.8, 4) is 56.3 Å². The van der Waals surface area contributed by atoms with Gasteiger partial charge in [-0.3, -0.25) is 0 Å². The molecule has 0 fully saturated rings. The highest BCUT2D eigenvalue weighted by Crippen LogP contribution is 2.49. The van der Waals surface area contributed by atoms with Crippen LogP contribution in [0.15, 0.2) is 204 Å². The van der Waals surface area contributed by atoms with E-state index in [-0.39, 0.29) is 92.2 Å². The minimum absolute atomic E-state index is 0.000594. The summed E-state index contributed by atoms with van der Waals surface area (Å²) in [6, 6.07) is 44.3.